The highest BCUT2D eigenvalue weighted by atomic mass is 16.6. The maximum atomic E-state index is 12.8. The first kappa shape index (κ1) is 17.5. The number of esters is 1. The van der Waals surface area contributed by atoms with E-state index in [-0.39, 0.29) is 18.0 Å². The van der Waals surface area contributed by atoms with Gasteiger partial charge < -0.3 is 9.47 Å². The summed E-state index contributed by atoms with van der Waals surface area (Å²) in [7, 11) is 0. The summed E-state index contributed by atoms with van der Waals surface area (Å²) < 4.78 is 11.8. The molecule has 3 nitrogen and oxygen atoms in total. The van der Waals surface area contributed by atoms with Gasteiger partial charge in [0, 0.05) is 12.5 Å². The first-order chi connectivity index (χ1) is 11.6. The molecule has 1 aliphatic carbocycles. The highest BCUT2D eigenvalue weighted by Crippen LogP contribution is 2.37. The fraction of sp³-hybridized carbons (Fsp3) is 0.667. The summed E-state index contributed by atoms with van der Waals surface area (Å²) in [6.45, 7) is 7.37. The Hall–Kier alpha value is -1.35. The van der Waals surface area contributed by atoms with Crippen LogP contribution in [-0.4, -0.2) is 24.8 Å². The molecule has 0 radical (unpaired) electrons. The molecule has 1 saturated carbocycles. The van der Waals surface area contributed by atoms with Crippen LogP contribution in [0.1, 0.15) is 57.9 Å². The lowest BCUT2D eigenvalue weighted by atomic mass is 9.75. The minimum Gasteiger partial charge on any atom is -0.460 e. The lowest BCUT2D eigenvalue weighted by molar-refractivity contribution is -0.167. The topological polar surface area (TPSA) is 35.5 Å². The first-order valence-corrected chi connectivity index (χ1v) is 9.43. The van der Waals surface area contributed by atoms with Crippen LogP contribution in [0.5, 0.6) is 0 Å². The fourth-order valence-electron chi connectivity index (χ4n) is 4.33. The van der Waals surface area contributed by atoms with E-state index in [2.05, 4.69) is 32.9 Å². The van der Waals surface area contributed by atoms with E-state index in [1.807, 2.05) is 18.2 Å². The molecule has 0 N–H and O–H groups in total. The monoisotopic (exact) mass is 330 g/mol. The molecular weight excluding hydrogens is 300 g/mol. The molecule has 0 spiro atoms. The third kappa shape index (κ3) is 3.83. The lowest BCUT2D eigenvalue weighted by Crippen LogP contribution is -2.39. The molecule has 0 amide bonds. The Morgan fingerprint density at radius 3 is 2.62 bits per heavy atom. The molecule has 3 rings (SSSR count). The smallest absolute Gasteiger partial charge is 0.336 e. The van der Waals surface area contributed by atoms with Crippen LogP contribution in [0.25, 0.3) is 0 Å². The summed E-state index contributed by atoms with van der Waals surface area (Å²) in [5, 5.41) is 0. The highest BCUT2D eigenvalue weighted by Gasteiger charge is 2.40. The van der Waals surface area contributed by atoms with Crippen LogP contribution in [0.4, 0.5) is 0 Å². The molecule has 1 saturated heterocycles. The molecule has 1 aromatic rings. The zero-order valence-corrected chi connectivity index (χ0v) is 15.1. The molecule has 2 aliphatic rings. The van der Waals surface area contributed by atoms with Crippen molar-refractivity contribution in [2.75, 3.05) is 6.61 Å². The van der Waals surface area contributed by atoms with Gasteiger partial charge in [0.1, 0.15) is 6.10 Å². The van der Waals surface area contributed by atoms with Crippen molar-refractivity contribution < 1.29 is 14.3 Å². The Morgan fingerprint density at radius 1 is 1.17 bits per heavy atom. The number of carbonyl (C=O) groups is 1. The van der Waals surface area contributed by atoms with Gasteiger partial charge in [0.05, 0.1) is 0 Å². The van der Waals surface area contributed by atoms with Gasteiger partial charge in [-0.2, -0.15) is 0 Å². The predicted octanol–water partition coefficient (Wildman–Crippen LogP) is 4.56. The molecular formula is C21H30O3. The van der Waals surface area contributed by atoms with Crippen molar-refractivity contribution in [2.24, 2.45) is 17.8 Å². The molecule has 1 aromatic carbocycles. The average Bonchev–Trinajstić information content (AvgIpc) is 3.05. The molecule has 132 valence electrons. The minimum absolute atomic E-state index is 0.0434. The molecule has 2 fully saturated rings. The normalized spacial score (nSPS) is 33.6. The molecule has 24 heavy (non-hydrogen) atoms. The van der Waals surface area contributed by atoms with Gasteiger partial charge in [0.2, 0.25) is 0 Å². The molecule has 1 heterocycles. The van der Waals surface area contributed by atoms with E-state index in [1.165, 1.54) is 12.0 Å². The third-order valence-electron chi connectivity index (χ3n) is 5.78. The largest absolute Gasteiger partial charge is 0.460 e. The van der Waals surface area contributed by atoms with Crippen LogP contribution < -0.4 is 0 Å². The Balaban J connectivity index is 1.69. The Morgan fingerprint density at radius 2 is 1.92 bits per heavy atom. The minimum atomic E-state index is -0.447. The van der Waals surface area contributed by atoms with Crippen LogP contribution >= 0.6 is 0 Å². The van der Waals surface area contributed by atoms with E-state index in [1.54, 1.807) is 0 Å². The summed E-state index contributed by atoms with van der Waals surface area (Å²) >= 11 is 0. The molecule has 5 atom stereocenters. The number of carbonyl (C=O) groups excluding carboxylic acids is 1. The lowest BCUT2D eigenvalue weighted by Gasteiger charge is -2.37. The summed E-state index contributed by atoms with van der Waals surface area (Å²) in [5.74, 6) is 1.61. The van der Waals surface area contributed by atoms with Crippen LogP contribution in [0, 0.1) is 17.8 Å². The molecule has 0 bridgehead atoms. The second kappa shape index (κ2) is 7.69. The molecule has 0 aromatic heterocycles. The van der Waals surface area contributed by atoms with Crippen LogP contribution in [-0.2, 0) is 14.3 Å². The molecule has 3 heteroatoms. The second-order valence-electron chi connectivity index (χ2n) is 7.90. The van der Waals surface area contributed by atoms with Gasteiger partial charge in [-0.05, 0) is 42.6 Å². The van der Waals surface area contributed by atoms with Crippen molar-refractivity contribution in [3.63, 3.8) is 0 Å². The Bertz CT molecular complexity index is 539. The predicted molar refractivity (Wildman–Crippen MR) is 94.8 cm³/mol. The maximum Gasteiger partial charge on any atom is 0.336 e. The van der Waals surface area contributed by atoms with Crippen molar-refractivity contribution in [3.8, 4) is 0 Å². The molecule has 0 unspecified atom stereocenters. The van der Waals surface area contributed by atoms with Gasteiger partial charge in [0.15, 0.2) is 6.10 Å². The highest BCUT2D eigenvalue weighted by molar-refractivity contribution is 5.76. The maximum absolute atomic E-state index is 12.8. The van der Waals surface area contributed by atoms with Crippen LogP contribution in [0.2, 0.25) is 0 Å². The van der Waals surface area contributed by atoms with Gasteiger partial charge >= 0.3 is 5.97 Å². The van der Waals surface area contributed by atoms with Gasteiger partial charge in [-0.15, -0.1) is 0 Å². The summed E-state index contributed by atoms with van der Waals surface area (Å²) in [4.78, 5) is 12.8. The Kier molecular flexibility index (Phi) is 5.60. The van der Waals surface area contributed by atoms with Crippen molar-refractivity contribution >= 4 is 5.97 Å². The summed E-state index contributed by atoms with van der Waals surface area (Å²) in [5.41, 5.74) is 1.18. The quantitative estimate of drug-likeness (QED) is 0.759. The summed E-state index contributed by atoms with van der Waals surface area (Å²) in [6.07, 6.45) is 3.86. The van der Waals surface area contributed by atoms with E-state index < -0.39 is 6.10 Å². The second-order valence-corrected chi connectivity index (χ2v) is 7.90. The van der Waals surface area contributed by atoms with E-state index in [0.717, 1.165) is 19.3 Å². The average molecular weight is 330 g/mol. The van der Waals surface area contributed by atoms with Gasteiger partial charge in [-0.3, -0.25) is 0 Å². The number of hydrogen-bond acceptors (Lipinski definition) is 3. The summed E-state index contributed by atoms with van der Waals surface area (Å²) in [6, 6.07) is 10.2. The SMILES string of the molecule is CC(C)[C@H]1CC[C@H](C)C[C@@H]1OC(=O)[C@H]1OCC[C@@H]1c1ccccc1. The number of hydrogen-bond donors (Lipinski definition) is 0. The van der Waals surface area contributed by atoms with Crippen LogP contribution in [0.3, 0.4) is 0 Å². The fourth-order valence-corrected chi connectivity index (χ4v) is 4.33. The van der Waals surface area contributed by atoms with E-state index >= 15 is 0 Å². The van der Waals surface area contributed by atoms with E-state index in [4.69, 9.17) is 9.47 Å². The number of ether oxygens (including phenoxy) is 2. The van der Waals surface area contributed by atoms with E-state index in [9.17, 15) is 4.79 Å². The first-order valence-electron chi connectivity index (χ1n) is 9.43. The number of benzene rings is 1. The standard InChI is InChI=1S/C21H30O3/c1-14(2)17-10-9-15(3)13-19(17)24-21(22)20-18(11-12-23-20)16-7-5-4-6-8-16/h4-8,14-15,17-20H,9-13H2,1-3H3/t15-,17+,18+,19-,20-/m0/s1. The zero-order chi connectivity index (χ0) is 17.1. The van der Waals surface area contributed by atoms with Gasteiger partial charge in [-0.25, -0.2) is 4.79 Å². The van der Waals surface area contributed by atoms with Crippen LogP contribution in [0.15, 0.2) is 30.3 Å². The van der Waals surface area contributed by atoms with Crippen molar-refractivity contribution in [3.05, 3.63) is 35.9 Å². The third-order valence-corrected chi connectivity index (χ3v) is 5.78. The van der Waals surface area contributed by atoms with E-state index in [0.29, 0.717) is 24.4 Å². The van der Waals surface area contributed by atoms with Crippen molar-refractivity contribution in [1.29, 1.82) is 0 Å². The molecule has 1 aliphatic heterocycles. The van der Waals surface area contributed by atoms with Gasteiger partial charge in [-0.1, -0.05) is 57.5 Å². The van der Waals surface area contributed by atoms with Crippen molar-refractivity contribution in [1.82, 2.24) is 0 Å². The van der Waals surface area contributed by atoms with Gasteiger partial charge in [0.25, 0.3) is 0 Å². The zero-order valence-electron chi connectivity index (χ0n) is 15.1. The Labute approximate surface area is 145 Å². The van der Waals surface area contributed by atoms with Crippen molar-refractivity contribution in [2.45, 2.75) is 64.6 Å². The number of rotatable bonds is 4.